The first-order valence-corrected chi connectivity index (χ1v) is 18.0. The van der Waals surface area contributed by atoms with Crippen LogP contribution in [0.4, 0.5) is 9.52 Å². The Labute approximate surface area is 299 Å². The molecule has 272 valence electrons. The summed E-state index contributed by atoms with van der Waals surface area (Å²) in [5.74, 6) is -5.75. The molecule has 2 aromatic rings. The van der Waals surface area contributed by atoms with E-state index in [4.69, 9.17) is 10.6 Å². The van der Waals surface area contributed by atoms with E-state index in [-0.39, 0.29) is 45.9 Å². The van der Waals surface area contributed by atoms with Gasteiger partial charge in [0.1, 0.15) is 23.7 Å². The molecule has 5 heterocycles. The highest BCUT2D eigenvalue weighted by molar-refractivity contribution is 8.00. The molecule has 4 aliphatic heterocycles. The summed E-state index contributed by atoms with van der Waals surface area (Å²) in [6.07, 6.45) is 3.61. The number of phenolic OH excluding ortho intramolecular Hbond substituents is 2. The number of thiazole rings is 1. The summed E-state index contributed by atoms with van der Waals surface area (Å²) in [5.41, 5.74) is 4.31. The minimum Gasteiger partial charge on any atom is -0.504 e. The number of carboxylic acid groups (broad SMARTS) is 1. The molecule has 4 aliphatic rings. The summed E-state index contributed by atoms with van der Waals surface area (Å²) in [5, 5.41) is 38.9. The van der Waals surface area contributed by atoms with Crippen LogP contribution in [0.15, 0.2) is 33.9 Å². The number of aldehydes is 1. The van der Waals surface area contributed by atoms with Crippen molar-refractivity contribution in [2.24, 2.45) is 5.16 Å². The average Bonchev–Trinajstić information content (AvgIpc) is 3.54. The van der Waals surface area contributed by atoms with Crippen molar-refractivity contribution in [1.82, 2.24) is 20.5 Å². The molecule has 0 saturated carbocycles. The first kappa shape index (κ1) is 36.1. The van der Waals surface area contributed by atoms with E-state index in [9.17, 15) is 43.7 Å². The molecule has 0 radical (unpaired) electrons. The fourth-order valence-electron chi connectivity index (χ4n) is 7.25. The molecule has 1 aromatic heterocycles. The number of thioether (sulfide) groups is 1. The number of amides is 3. The topological polar surface area (TPSA) is 234 Å². The van der Waals surface area contributed by atoms with Crippen LogP contribution in [0.25, 0.3) is 0 Å². The van der Waals surface area contributed by atoms with Crippen molar-refractivity contribution in [2.75, 3.05) is 25.1 Å². The van der Waals surface area contributed by atoms with Crippen LogP contribution >= 0.6 is 23.1 Å². The highest BCUT2D eigenvalue weighted by atomic mass is 32.2. The Balaban J connectivity index is 1.13. The standard InChI is InChI=1S/C32H36FN7O9S2/c1-32(2,30(47)48)49-38-23(19-13-51-31(34)36-19)27(45)37-24-28(46)39-20(11-41)14(12-50-29(24)39)10-40(3)16-4-5-17(40)9-15(8-16)35-26(44)18-6-7-21(42)25(43)22(18)33/h6-7,11,13,15-17,24,29H,4-5,8-10,12H2,1-3H3,(H6-,34,35,36,37,38,42,43,44,45,47,48)/p+1/t15?,16-,17+,24-,29-,40?/m1/s1. The zero-order chi connectivity index (χ0) is 37.0. The zero-order valence-electron chi connectivity index (χ0n) is 27.8. The molecule has 3 fully saturated rings. The van der Waals surface area contributed by atoms with Gasteiger partial charge in [0.05, 0.1) is 30.4 Å². The van der Waals surface area contributed by atoms with Crippen LogP contribution in [0.1, 0.15) is 55.6 Å². The second-order valence-electron chi connectivity index (χ2n) is 13.7. The number of nitrogen functional groups attached to an aromatic ring is 1. The Bertz CT molecular complexity index is 1870. The van der Waals surface area contributed by atoms with Crippen molar-refractivity contribution in [3.63, 3.8) is 0 Å². The van der Waals surface area contributed by atoms with Gasteiger partial charge in [0.15, 0.2) is 34.4 Å². The predicted molar refractivity (Wildman–Crippen MR) is 182 cm³/mol. The van der Waals surface area contributed by atoms with Crippen molar-refractivity contribution in [1.29, 1.82) is 0 Å². The fraction of sp³-hybridized carbons (Fsp3) is 0.469. The van der Waals surface area contributed by atoms with E-state index in [1.807, 2.05) is 0 Å². The Morgan fingerprint density at radius 3 is 2.51 bits per heavy atom. The van der Waals surface area contributed by atoms with Gasteiger partial charge in [-0.2, -0.15) is 0 Å². The van der Waals surface area contributed by atoms with Gasteiger partial charge in [-0.25, -0.2) is 14.2 Å². The Morgan fingerprint density at radius 2 is 1.90 bits per heavy atom. The number of allylic oxidation sites excluding steroid dienone is 1. The number of anilines is 1. The summed E-state index contributed by atoms with van der Waals surface area (Å²) in [4.78, 5) is 74.4. The van der Waals surface area contributed by atoms with Gasteiger partial charge in [-0.1, -0.05) is 5.16 Å². The van der Waals surface area contributed by atoms with Gasteiger partial charge >= 0.3 is 5.97 Å². The number of aromatic nitrogens is 1. The third-order valence-electron chi connectivity index (χ3n) is 10.2. The number of carbonyl (C=O) groups excluding carboxylic acids is 4. The lowest BCUT2D eigenvalue weighted by Gasteiger charge is -2.52. The second kappa shape index (κ2) is 13.4. The molecular formula is C32H37FN7O9S2+. The maximum Gasteiger partial charge on any atom is 0.350 e. The molecular weight excluding hydrogens is 710 g/mol. The lowest BCUT2D eigenvalue weighted by molar-refractivity contribution is -0.944. The van der Waals surface area contributed by atoms with Crippen LogP contribution in [0, 0.1) is 5.82 Å². The fourth-order valence-corrected chi connectivity index (χ4v) is 9.16. The van der Waals surface area contributed by atoms with Crippen LogP contribution < -0.4 is 16.4 Å². The maximum absolute atomic E-state index is 14.5. The quantitative estimate of drug-likeness (QED) is 0.0477. The van der Waals surface area contributed by atoms with Crippen LogP contribution in [-0.2, 0) is 24.0 Å². The number of hydrogen-bond donors (Lipinski definition) is 6. The van der Waals surface area contributed by atoms with E-state index in [1.165, 1.54) is 35.9 Å². The molecule has 19 heteroatoms. The number of halogens is 1. The number of quaternary nitrogens is 1. The molecule has 3 amide bonds. The van der Waals surface area contributed by atoms with Gasteiger partial charge in [-0.3, -0.25) is 24.1 Å². The molecule has 2 unspecified atom stereocenters. The summed E-state index contributed by atoms with van der Waals surface area (Å²) in [6.45, 7) is 3.00. The van der Waals surface area contributed by atoms with E-state index in [0.29, 0.717) is 35.9 Å². The third-order valence-corrected chi connectivity index (χ3v) is 12.2. The van der Waals surface area contributed by atoms with E-state index >= 15 is 0 Å². The van der Waals surface area contributed by atoms with E-state index in [0.717, 1.165) is 41.9 Å². The van der Waals surface area contributed by atoms with Crippen LogP contribution in [-0.4, -0.2) is 120 Å². The number of hydrogen-bond acceptors (Lipinski definition) is 13. The smallest absolute Gasteiger partial charge is 0.350 e. The number of nitrogens with two attached hydrogens (primary N) is 1. The summed E-state index contributed by atoms with van der Waals surface area (Å²) >= 11 is 2.43. The number of aliphatic carboxylic acids is 1. The molecule has 2 bridgehead atoms. The van der Waals surface area contributed by atoms with E-state index in [2.05, 4.69) is 27.8 Å². The third kappa shape index (κ3) is 6.48. The number of oxime groups is 1. The molecule has 0 aliphatic carbocycles. The molecule has 0 spiro atoms. The molecule has 3 saturated heterocycles. The first-order chi connectivity index (χ1) is 24.0. The minimum absolute atomic E-state index is 0.0358. The number of benzene rings is 1. The first-order valence-electron chi connectivity index (χ1n) is 16.1. The van der Waals surface area contributed by atoms with Gasteiger partial charge in [0.2, 0.25) is 5.60 Å². The largest absolute Gasteiger partial charge is 0.504 e. The monoisotopic (exact) mass is 746 g/mol. The van der Waals surface area contributed by atoms with Gasteiger partial charge in [0.25, 0.3) is 17.7 Å². The normalized spacial score (nSPS) is 27.4. The minimum atomic E-state index is -1.77. The Kier molecular flexibility index (Phi) is 9.49. The predicted octanol–water partition coefficient (Wildman–Crippen LogP) is 1.28. The summed E-state index contributed by atoms with van der Waals surface area (Å²) < 4.78 is 15.1. The molecule has 51 heavy (non-hydrogen) atoms. The SMILES string of the molecule is CC(C)(O/N=C(\C(=O)N[C@@H]1C(=O)N2C(C=O)=C(C[N+]3(C)[C@@H]4CC[C@H]3CC(NC(=O)c3ccc(O)c(O)c3F)C4)CS[C@H]12)c1csc(N)n1)C(=O)O. The average molecular weight is 747 g/mol. The van der Waals surface area contributed by atoms with Gasteiger partial charge in [-0.15, -0.1) is 23.1 Å². The molecule has 16 nitrogen and oxygen atoms in total. The molecule has 1 aromatic carbocycles. The van der Waals surface area contributed by atoms with Crippen molar-refractivity contribution < 1.29 is 53.0 Å². The lowest BCUT2D eigenvalue weighted by atomic mass is 9.92. The number of phenols is 2. The van der Waals surface area contributed by atoms with Gasteiger partial charge in [-0.05, 0) is 26.0 Å². The summed E-state index contributed by atoms with van der Waals surface area (Å²) in [7, 11) is 2.10. The van der Waals surface area contributed by atoms with Crippen molar-refractivity contribution >= 4 is 63.9 Å². The zero-order valence-corrected chi connectivity index (χ0v) is 29.4. The molecule has 6 atom stereocenters. The summed E-state index contributed by atoms with van der Waals surface area (Å²) in [6, 6.07) is 1.14. The number of nitrogens with zero attached hydrogens (tertiary/aromatic N) is 4. The van der Waals surface area contributed by atoms with Crippen LogP contribution in [0.5, 0.6) is 11.5 Å². The Hall–Kier alpha value is -4.75. The number of fused-ring (bicyclic) bond motifs is 3. The van der Waals surface area contributed by atoms with Crippen LogP contribution in [0.3, 0.4) is 0 Å². The Morgan fingerprint density at radius 1 is 1.22 bits per heavy atom. The van der Waals surface area contributed by atoms with Crippen molar-refractivity contribution in [2.45, 2.75) is 74.7 Å². The number of nitrogens with one attached hydrogen (secondary N) is 2. The molecule has 6 rings (SSSR count). The van der Waals surface area contributed by atoms with E-state index < -0.39 is 58.0 Å². The maximum atomic E-state index is 14.5. The number of piperidine rings is 1. The highest BCUT2D eigenvalue weighted by Gasteiger charge is 2.56. The van der Waals surface area contributed by atoms with Gasteiger partial charge in [0, 0.05) is 48.4 Å². The number of aromatic hydroxyl groups is 2. The molecule has 7 N–H and O–H groups in total. The number of likely N-dealkylation sites (N-methyl/N-ethyl adjacent to an activating group) is 1. The van der Waals surface area contributed by atoms with Crippen molar-refractivity contribution in [3.8, 4) is 11.5 Å². The number of β-lactam (4-membered cyclic amide) rings is 1. The second-order valence-corrected chi connectivity index (χ2v) is 15.7. The number of rotatable bonds is 11. The van der Waals surface area contributed by atoms with Crippen molar-refractivity contribution in [3.05, 3.63) is 45.9 Å². The highest BCUT2D eigenvalue weighted by Crippen LogP contribution is 2.45. The van der Waals surface area contributed by atoms with Gasteiger partial charge < -0.3 is 41.0 Å². The lowest BCUT2D eigenvalue weighted by Crippen LogP contribution is -2.71. The van der Waals surface area contributed by atoms with Crippen LogP contribution in [0.2, 0.25) is 0 Å². The number of carboxylic acids is 1. The number of carbonyl (C=O) groups is 5. The van der Waals surface area contributed by atoms with E-state index in [1.54, 1.807) is 0 Å².